The Morgan fingerprint density at radius 2 is 0.526 bits per heavy atom. The van der Waals surface area contributed by atoms with Gasteiger partial charge in [0.15, 0.2) is 0 Å². The van der Waals surface area contributed by atoms with Crippen molar-refractivity contribution in [2.45, 2.75) is 0 Å². The normalized spacial score (nSPS) is 12.1. The van der Waals surface area contributed by atoms with Gasteiger partial charge in [-0.2, -0.15) is 0 Å². The number of rotatable bonds is 8. The summed E-state index contributed by atoms with van der Waals surface area (Å²) in [5.41, 5.74) is 18.8. The van der Waals surface area contributed by atoms with E-state index in [1.165, 1.54) is 120 Å². The lowest BCUT2D eigenvalue weighted by Gasteiger charge is -2.26. The molecule has 78 heavy (non-hydrogen) atoms. The van der Waals surface area contributed by atoms with Crippen LogP contribution in [-0.4, -0.2) is 8.80 Å². The molecule has 0 bridgehead atoms. The smallest absolute Gasteiger partial charge is 0.0641 e. The monoisotopic (exact) mass is 990 g/mol. The second kappa shape index (κ2) is 16.5. The van der Waals surface area contributed by atoms with Gasteiger partial charge in [-0.25, -0.2) is 0 Å². The van der Waals surface area contributed by atoms with Gasteiger partial charge in [0.1, 0.15) is 0 Å². The number of hydrogen-bond acceptors (Lipinski definition) is 2. The van der Waals surface area contributed by atoms with E-state index in [4.69, 9.17) is 0 Å². The van der Waals surface area contributed by atoms with Gasteiger partial charge in [0.25, 0.3) is 0 Å². The first-order chi connectivity index (χ1) is 38.7. The van der Waals surface area contributed by atoms with Crippen LogP contribution in [0.15, 0.2) is 279 Å². The van der Waals surface area contributed by atoms with Gasteiger partial charge in [-0.05, 0) is 141 Å². The van der Waals surface area contributed by atoms with Gasteiger partial charge < -0.3 is 18.6 Å². The lowest BCUT2D eigenvalue weighted by molar-refractivity contribution is 1.30. The van der Waals surface area contributed by atoms with Crippen LogP contribution in [0.3, 0.4) is 0 Å². The molecule has 0 unspecified atom stereocenters. The van der Waals surface area contributed by atoms with Crippen LogP contribution in [0.1, 0.15) is 0 Å². The Kier molecular flexibility index (Phi) is 9.09. The SMILES string of the molecule is c1ccc(N(c2ccccc2)c2ccc3c4cc5c(cc4n4c6cc(-c7ccc8ccccc8c7)ccc6c2c34)c2ccc(N(c3ccccc3)c3ccccc3)c3c4ccc(-c6ccc7ccccc7c6)cc4n5c23)cc1. The number of benzene rings is 13. The van der Waals surface area contributed by atoms with Crippen molar-refractivity contribution < 1.29 is 0 Å². The van der Waals surface area contributed by atoms with Crippen molar-refractivity contribution in [1.82, 2.24) is 8.80 Å². The number of hydrogen-bond donors (Lipinski definition) is 0. The Hall–Kier alpha value is -10.4. The second-order valence-electron chi connectivity index (χ2n) is 20.9. The fourth-order valence-corrected chi connectivity index (χ4v) is 13.2. The fraction of sp³-hybridized carbons (Fsp3) is 0. The summed E-state index contributed by atoms with van der Waals surface area (Å²) in [7, 11) is 0. The molecule has 0 saturated heterocycles. The zero-order valence-corrected chi connectivity index (χ0v) is 42.3. The van der Waals surface area contributed by atoms with Crippen LogP contribution in [0.4, 0.5) is 34.1 Å². The van der Waals surface area contributed by atoms with Gasteiger partial charge in [-0.3, -0.25) is 0 Å². The molecule has 0 aliphatic heterocycles. The topological polar surface area (TPSA) is 15.3 Å². The van der Waals surface area contributed by atoms with E-state index in [1.807, 2.05) is 0 Å². The van der Waals surface area contributed by atoms with Crippen LogP contribution in [-0.2, 0) is 0 Å². The lowest BCUT2D eigenvalue weighted by Crippen LogP contribution is -2.10. The lowest BCUT2D eigenvalue weighted by atomic mass is 9.98. The van der Waals surface area contributed by atoms with E-state index in [0.717, 1.165) is 34.1 Å². The van der Waals surface area contributed by atoms with E-state index in [9.17, 15) is 0 Å². The number of fused-ring (bicyclic) bond motifs is 14. The van der Waals surface area contributed by atoms with Crippen LogP contribution >= 0.6 is 0 Å². The van der Waals surface area contributed by atoms with Crippen molar-refractivity contribution in [3.05, 3.63) is 279 Å². The van der Waals surface area contributed by atoms with Crippen LogP contribution in [0.25, 0.3) is 120 Å². The molecule has 0 saturated carbocycles. The third kappa shape index (κ3) is 6.23. The number of para-hydroxylation sites is 4. The minimum atomic E-state index is 1.11. The predicted octanol–water partition coefficient (Wildman–Crippen LogP) is 20.6. The van der Waals surface area contributed by atoms with Crippen LogP contribution in [0.5, 0.6) is 0 Å². The van der Waals surface area contributed by atoms with Crippen molar-refractivity contribution in [3.63, 3.8) is 0 Å². The van der Waals surface area contributed by atoms with Gasteiger partial charge in [0.2, 0.25) is 0 Å². The summed E-state index contributed by atoms with van der Waals surface area (Å²) in [4.78, 5) is 4.86. The molecule has 0 N–H and O–H groups in total. The first-order valence-corrected chi connectivity index (χ1v) is 26.9. The Morgan fingerprint density at radius 3 is 0.910 bits per heavy atom. The highest BCUT2D eigenvalue weighted by Crippen LogP contribution is 2.52. The maximum Gasteiger partial charge on any atom is 0.0641 e. The molecule has 362 valence electrons. The van der Waals surface area contributed by atoms with Gasteiger partial charge in [-0.1, -0.05) is 182 Å². The Labute approximate surface area is 449 Å². The molecule has 17 rings (SSSR count). The highest BCUT2D eigenvalue weighted by molar-refractivity contribution is 6.32. The highest BCUT2D eigenvalue weighted by Gasteiger charge is 2.28. The summed E-state index contributed by atoms with van der Waals surface area (Å²) in [5.74, 6) is 0. The first-order valence-electron chi connectivity index (χ1n) is 26.9. The average molecular weight is 991 g/mol. The van der Waals surface area contributed by atoms with Crippen LogP contribution in [0.2, 0.25) is 0 Å². The van der Waals surface area contributed by atoms with Crippen LogP contribution in [0, 0.1) is 0 Å². The zero-order chi connectivity index (χ0) is 51.0. The number of aromatic nitrogens is 2. The van der Waals surface area contributed by atoms with Crippen molar-refractivity contribution >= 4 is 132 Å². The average Bonchev–Trinajstić information content (AvgIpc) is 4.29. The Morgan fingerprint density at radius 1 is 0.218 bits per heavy atom. The number of nitrogens with zero attached hydrogens (tertiary/aromatic N) is 4. The molecule has 0 aliphatic carbocycles. The van der Waals surface area contributed by atoms with Gasteiger partial charge in [-0.15, -0.1) is 0 Å². The molecule has 4 aromatic heterocycles. The minimum absolute atomic E-state index is 1.11. The zero-order valence-electron chi connectivity index (χ0n) is 42.3. The molecule has 17 aromatic rings. The maximum atomic E-state index is 2.58. The predicted molar refractivity (Wildman–Crippen MR) is 331 cm³/mol. The maximum absolute atomic E-state index is 2.58. The summed E-state index contributed by atoms with van der Waals surface area (Å²) in [6, 6.07) is 103. The molecule has 13 aromatic carbocycles. The molecule has 0 spiro atoms. The Balaban J connectivity index is 0.991. The minimum Gasteiger partial charge on any atom is -0.310 e. The molecule has 0 atom stereocenters. The van der Waals surface area contributed by atoms with E-state index in [1.54, 1.807) is 0 Å². The highest BCUT2D eigenvalue weighted by atomic mass is 15.2. The second-order valence-corrected chi connectivity index (χ2v) is 20.9. The van der Waals surface area contributed by atoms with E-state index >= 15 is 0 Å². The van der Waals surface area contributed by atoms with Crippen molar-refractivity contribution in [2.24, 2.45) is 0 Å². The largest absolute Gasteiger partial charge is 0.310 e. The summed E-state index contributed by atoms with van der Waals surface area (Å²) in [6.07, 6.45) is 0. The molecule has 0 aliphatic rings. The van der Waals surface area contributed by atoms with E-state index in [0.29, 0.717) is 0 Å². The first kappa shape index (κ1) is 42.9. The van der Waals surface area contributed by atoms with Gasteiger partial charge >= 0.3 is 0 Å². The molecule has 0 amide bonds. The van der Waals surface area contributed by atoms with E-state index in [2.05, 4.69) is 298 Å². The standard InChI is InChI=1S/C74H46N4/c1-5-21-55(22-6-1)75(56-23-7-2-8-24-56)65-39-37-59-63-45-70-64(46-69(63)77-67-43-53(33-35-61(67)71(65)73(59)77)51-31-29-47-17-13-15-19-49(47)41-51)60-38-40-66(76(57-25-9-3-10-26-57)58-27-11-4-12-28-58)72-62-36-34-54(44-68(62)78(70)74(60)72)52-32-30-48-18-14-16-20-50(48)42-52/h1-46H. The van der Waals surface area contributed by atoms with Gasteiger partial charge in [0, 0.05) is 65.8 Å². The molecule has 0 fully saturated rings. The van der Waals surface area contributed by atoms with Gasteiger partial charge in [0.05, 0.1) is 44.5 Å². The summed E-state index contributed by atoms with van der Waals surface area (Å²) >= 11 is 0. The third-order valence-corrected chi connectivity index (χ3v) is 16.7. The molecular weight excluding hydrogens is 945 g/mol. The molecule has 0 radical (unpaired) electrons. The number of anilines is 6. The van der Waals surface area contributed by atoms with Crippen molar-refractivity contribution in [1.29, 1.82) is 0 Å². The van der Waals surface area contributed by atoms with E-state index < -0.39 is 0 Å². The van der Waals surface area contributed by atoms with Crippen molar-refractivity contribution in [2.75, 3.05) is 9.80 Å². The molecule has 4 nitrogen and oxygen atoms in total. The fourth-order valence-electron chi connectivity index (χ4n) is 13.2. The van der Waals surface area contributed by atoms with E-state index in [-0.39, 0.29) is 0 Å². The molecular formula is C74H46N4. The molecule has 4 heteroatoms. The Bertz CT molecular complexity index is 4790. The summed E-state index contributed by atoms with van der Waals surface area (Å²) in [5, 5.41) is 14.8. The van der Waals surface area contributed by atoms with Crippen molar-refractivity contribution in [3.8, 4) is 22.3 Å². The third-order valence-electron chi connectivity index (χ3n) is 16.7. The van der Waals surface area contributed by atoms with Crippen LogP contribution < -0.4 is 9.80 Å². The quantitative estimate of drug-likeness (QED) is 0.151. The summed E-state index contributed by atoms with van der Waals surface area (Å²) in [6.45, 7) is 0. The molecule has 4 heterocycles. The summed E-state index contributed by atoms with van der Waals surface area (Å²) < 4.78 is 5.17.